The lowest BCUT2D eigenvalue weighted by Gasteiger charge is -2.06. The van der Waals surface area contributed by atoms with Gasteiger partial charge in [0, 0.05) is 12.5 Å². The van der Waals surface area contributed by atoms with Crippen molar-refractivity contribution in [3.05, 3.63) is 29.1 Å². The van der Waals surface area contributed by atoms with Gasteiger partial charge in [0.05, 0.1) is 11.0 Å². The second-order valence-corrected chi connectivity index (χ2v) is 5.37. The van der Waals surface area contributed by atoms with Crippen molar-refractivity contribution in [1.29, 1.82) is 0 Å². The number of H-pyrrole nitrogens is 1. The fourth-order valence-corrected chi connectivity index (χ4v) is 2.29. The molecule has 1 aromatic heterocycles. The zero-order valence-electron chi connectivity index (χ0n) is 11.8. The number of aromatic nitrogens is 2. The van der Waals surface area contributed by atoms with E-state index in [0.29, 0.717) is 6.04 Å². The maximum atomic E-state index is 4.69. The first-order valence-corrected chi connectivity index (χ1v) is 6.75. The lowest BCUT2D eigenvalue weighted by molar-refractivity contribution is 0.567. The number of fused-ring (bicyclic) bond motifs is 1. The second kappa shape index (κ2) is 5.53. The van der Waals surface area contributed by atoms with Gasteiger partial charge < -0.3 is 10.3 Å². The van der Waals surface area contributed by atoms with E-state index >= 15 is 0 Å². The number of aryl methyl sites for hydroxylation is 3. The lowest BCUT2D eigenvalue weighted by Crippen LogP contribution is -2.24. The third-order valence-corrected chi connectivity index (χ3v) is 3.11. The zero-order chi connectivity index (χ0) is 13.1. The van der Waals surface area contributed by atoms with Crippen LogP contribution in [-0.2, 0) is 6.42 Å². The fraction of sp³-hybridized carbons (Fsp3) is 0.533. The highest BCUT2D eigenvalue weighted by Crippen LogP contribution is 2.18. The van der Waals surface area contributed by atoms with E-state index in [0.717, 1.165) is 30.7 Å². The van der Waals surface area contributed by atoms with Gasteiger partial charge in [0.2, 0.25) is 0 Å². The van der Waals surface area contributed by atoms with Gasteiger partial charge in [-0.1, -0.05) is 19.9 Å². The maximum absolute atomic E-state index is 4.69. The fourth-order valence-electron chi connectivity index (χ4n) is 2.29. The van der Waals surface area contributed by atoms with Crippen molar-refractivity contribution in [3.8, 4) is 0 Å². The molecule has 0 unspecified atom stereocenters. The number of nitrogens with one attached hydrogen (secondary N) is 2. The van der Waals surface area contributed by atoms with Crippen LogP contribution in [0.2, 0.25) is 0 Å². The summed E-state index contributed by atoms with van der Waals surface area (Å²) >= 11 is 0. The Bertz CT molecular complexity index is 526. The van der Waals surface area contributed by atoms with Gasteiger partial charge in [0.15, 0.2) is 0 Å². The first kappa shape index (κ1) is 13.1. The third kappa shape index (κ3) is 3.10. The molecule has 0 amide bonds. The summed E-state index contributed by atoms with van der Waals surface area (Å²) < 4.78 is 0. The van der Waals surface area contributed by atoms with Gasteiger partial charge in [-0.2, -0.15) is 0 Å². The number of rotatable bonds is 5. The number of imidazole rings is 1. The number of aromatic amines is 1. The molecule has 0 spiro atoms. The Kier molecular flexibility index (Phi) is 4.02. The van der Waals surface area contributed by atoms with Gasteiger partial charge >= 0.3 is 0 Å². The predicted molar refractivity (Wildman–Crippen MR) is 77.0 cm³/mol. The second-order valence-electron chi connectivity index (χ2n) is 5.37. The van der Waals surface area contributed by atoms with E-state index in [1.807, 2.05) is 0 Å². The quantitative estimate of drug-likeness (QED) is 0.795. The van der Waals surface area contributed by atoms with Crippen LogP contribution in [0.3, 0.4) is 0 Å². The Balaban J connectivity index is 2.04. The molecule has 18 heavy (non-hydrogen) atoms. The van der Waals surface area contributed by atoms with Crippen LogP contribution in [0, 0.1) is 13.8 Å². The molecule has 98 valence electrons. The van der Waals surface area contributed by atoms with Crippen molar-refractivity contribution in [1.82, 2.24) is 15.3 Å². The van der Waals surface area contributed by atoms with Crippen molar-refractivity contribution in [2.45, 2.75) is 46.6 Å². The van der Waals surface area contributed by atoms with E-state index < -0.39 is 0 Å². The minimum Gasteiger partial charge on any atom is -0.342 e. The van der Waals surface area contributed by atoms with Crippen molar-refractivity contribution >= 4 is 11.0 Å². The number of hydrogen-bond donors (Lipinski definition) is 2. The molecule has 0 atom stereocenters. The molecule has 0 aliphatic rings. The SMILES string of the molecule is Cc1cc(C)c2nc(CCCNC(C)C)[nH]c2c1. The molecule has 0 bridgehead atoms. The molecule has 3 heteroatoms. The highest BCUT2D eigenvalue weighted by molar-refractivity contribution is 5.79. The standard InChI is InChI=1S/C15H23N3/c1-10(2)16-7-5-6-14-17-13-9-11(3)8-12(4)15(13)18-14/h8-10,16H,5-7H2,1-4H3,(H,17,18). The molecule has 1 heterocycles. The van der Waals surface area contributed by atoms with E-state index in [4.69, 9.17) is 0 Å². The number of benzene rings is 1. The zero-order valence-corrected chi connectivity index (χ0v) is 11.8. The van der Waals surface area contributed by atoms with Gasteiger partial charge in [0.1, 0.15) is 5.82 Å². The average molecular weight is 245 g/mol. The van der Waals surface area contributed by atoms with Crippen LogP contribution < -0.4 is 5.32 Å². The van der Waals surface area contributed by atoms with Crippen molar-refractivity contribution in [2.24, 2.45) is 0 Å². The Hall–Kier alpha value is -1.35. The molecule has 2 aromatic rings. The van der Waals surface area contributed by atoms with Crippen LogP contribution in [0.4, 0.5) is 0 Å². The van der Waals surface area contributed by atoms with Gasteiger partial charge in [-0.3, -0.25) is 0 Å². The Morgan fingerprint density at radius 1 is 1.28 bits per heavy atom. The maximum Gasteiger partial charge on any atom is 0.107 e. The molecular formula is C15H23N3. The minimum atomic E-state index is 0.561. The van der Waals surface area contributed by atoms with E-state index in [1.54, 1.807) is 0 Å². The van der Waals surface area contributed by atoms with Crippen LogP contribution in [0.25, 0.3) is 11.0 Å². The van der Waals surface area contributed by atoms with E-state index in [-0.39, 0.29) is 0 Å². The molecular weight excluding hydrogens is 222 g/mol. The smallest absolute Gasteiger partial charge is 0.107 e. The van der Waals surface area contributed by atoms with Gasteiger partial charge in [-0.05, 0) is 44.0 Å². The summed E-state index contributed by atoms with van der Waals surface area (Å²) in [6.45, 7) is 9.65. The molecule has 0 saturated carbocycles. The first-order chi connectivity index (χ1) is 8.56. The highest BCUT2D eigenvalue weighted by Gasteiger charge is 2.05. The topological polar surface area (TPSA) is 40.7 Å². The normalized spacial score (nSPS) is 11.6. The Morgan fingerprint density at radius 3 is 2.78 bits per heavy atom. The summed E-state index contributed by atoms with van der Waals surface area (Å²) in [5, 5.41) is 3.43. The van der Waals surface area contributed by atoms with Crippen molar-refractivity contribution in [3.63, 3.8) is 0 Å². The Labute approximate surface area is 109 Å². The summed E-state index contributed by atoms with van der Waals surface area (Å²) in [5.41, 5.74) is 4.83. The molecule has 0 saturated heterocycles. The highest BCUT2D eigenvalue weighted by atomic mass is 14.9. The molecule has 1 aromatic carbocycles. The van der Waals surface area contributed by atoms with Crippen molar-refractivity contribution in [2.75, 3.05) is 6.54 Å². The summed E-state index contributed by atoms with van der Waals surface area (Å²) in [7, 11) is 0. The van der Waals surface area contributed by atoms with E-state index in [2.05, 4.69) is 55.1 Å². The summed E-state index contributed by atoms with van der Waals surface area (Å²) in [4.78, 5) is 8.11. The van der Waals surface area contributed by atoms with Gasteiger partial charge in [-0.15, -0.1) is 0 Å². The van der Waals surface area contributed by atoms with E-state index in [9.17, 15) is 0 Å². The minimum absolute atomic E-state index is 0.561. The first-order valence-electron chi connectivity index (χ1n) is 6.75. The van der Waals surface area contributed by atoms with Crippen LogP contribution in [0.1, 0.15) is 37.2 Å². The monoisotopic (exact) mass is 245 g/mol. The summed E-state index contributed by atoms with van der Waals surface area (Å²) in [6, 6.07) is 4.92. The number of nitrogens with zero attached hydrogens (tertiary/aromatic N) is 1. The van der Waals surface area contributed by atoms with E-state index in [1.165, 1.54) is 16.6 Å². The molecule has 0 aliphatic heterocycles. The summed E-state index contributed by atoms with van der Waals surface area (Å²) in [5.74, 6) is 1.10. The van der Waals surface area contributed by atoms with Crippen LogP contribution >= 0.6 is 0 Å². The largest absolute Gasteiger partial charge is 0.342 e. The van der Waals surface area contributed by atoms with Gasteiger partial charge in [0.25, 0.3) is 0 Å². The lowest BCUT2D eigenvalue weighted by atomic mass is 10.1. The molecule has 0 aliphatic carbocycles. The molecule has 0 radical (unpaired) electrons. The van der Waals surface area contributed by atoms with Crippen LogP contribution in [-0.4, -0.2) is 22.6 Å². The van der Waals surface area contributed by atoms with Gasteiger partial charge in [-0.25, -0.2) is 4.98 Å². The average Bonchev–Trinajstić information content (AvgIpc) is 2.67. The van der Waals surface area contributed by atoms with Crippen LogP contribution in [0.5, 0.6) is 0 Å². The number of hydrogen-bond acceptors (Lipinski definition) is 2. The molecule has 2 N–H and O–H groups in total. The third-order valence-electron chi connectivity index (χ3n) is 3.11. The van der Waals surface area contributed by atoms with Crippen LogP contribution in [0.15, 0.2) is 12.1 Å². The summed E-state index contributed by atoms with van der Waals surface area (Å²) in [6.07, 6.45) is 2.13. The van der Waals surface area contributed by atoms with Crippen molar-refractivity contribution < 1.29 is 0 Å². The molecule has 3 nitrogen and oxygen atoms in total. The Morgan fingerprint density at radius 2 is 2.06 bits per heavy atom. The predicted octanol–water partition coefficient (Wildman–Crippen LogP) is 3.11. The molecule has 0 fully saturated rings. The molecule has 2 rings (SSSR count).